The molecular formula is C23H25NO5. The van der Waals surface area contributed by atoms with Crippen molar-refractivity contribution in [1.29, 1.82) is 0 Å². The second-order valence-electron chi connectivity index (χ2n) is 7.40. The van der Waals surface area contributed by atoms with Gasteiger partial charge in [0.25, 0.3) is 0 Å². The molecule has 0 saturated heterocycles. The quantitative estimate of drug-likeness (QED) is 0.777. The summed E-state index contributed by atoms with van der Waals surface area (Å²) in [5.41, 5.74) is 0.338. The first-order valence-corrected chi connectivity index (χ1v) is 9.35. The van der Waals surface area contributed by atoms with E-state index in [1.807, 2.05) is 19.1 Å². The molecule has 2 aromatic carbocycles. The van der Waals surface area contributed by atoms with Crippen LogP contribution in [-0.2, 0) is 9.59 Å². The third-order valence-electron chi connectivity index (χ3n) is 5.18. The molecule has 0 aliphatic carbocycles. The highest BCUT2D eigenvalue weighted by Gasteiger charge is 2.54. The van der Waals surface area contributed by atoms with Crippen molar-refractivity contribution in [2.75, 3.05) is 12.0 Å². The van der Waals surface area contributed by atoms with Crippen molar-refractivity contribution in [3.8, 4) is 5.75 Å². The third kappa shape index (κ3) is 3.63. The Kier molecular flexibility index (Phi) is 5.48. The van der Waals surface area contributed by atoms with Gasteiger partial charge < -0.3 is 19.8 Å². The summed E-state index contributed by atoms with van der Waals surface area (Å²) in [6.45, 7) is 4.62. The van der Waals surface area contributed by atoms with E-state index in [1.54, 1.807) is 48.4 Å². The second kappa shape index (κ2) is 7.72. The number of hydrogen-bond acceptors (Lipinski definition) is 6. The lowest BCUT2D eigenvalue weighted by Gasteiger charge is -2.39. The summed E-state index contributed by atoms with van der Waals surface area (Å²) in [7, 11) is 1.56. The minimum absolute atomic E-state index is 0.0690. The molecule has 0 unspecified atom stereocenters. The number of benzene rings is 2. The predicted octanol–water partition coefficient (Wildman–Crippen LogP) is 3.63. The van der Waals surface area contributed by atoms with Gasteiger partial charge >= 0.3 is 0 Å². The van der Waals surface area contributed by atoms with Gasteiger partial charge in [-0.25, -0.2) is 0 Å². The van der Waals surface area contributed by atoms with E-state index >= 15 is 0 Å². The molecule has 1 aliphatic heterocycles. The third-order valence-corrected chi connectivity index (χ3v) is 5.18. The Balaban J connectivity index is 2.25. The summed E-state index contributed by atoms with van der Waals surface area (Å²) in [5, 5.41) is 22.4. The van der Waals surface area contributed by atoms with E-state index in [-0.39, 0.29) is 23.6 Å². The number of nitrogens with zero attached hydrogens (tertiary/aromatic N) is 1. The first-order chi connectivity index (χ1) is 13.7. The highest BCUT2D eigenvalue weighted by atomic mass is 16.5. The number of aliphatic hydroxyl groups excluding tert-OH is 1. The second-order valence-corrected chi connectivity index (χ2v) is 7.40. The van der Waals surface area contributed by atoms with Crippen molar-refractivity contribution in [2.45, 2.75) is 39.0 Å². The fourth-order valence-corrected chi connectivity index (χ4v) is 3.85. The van der Waals surface area contributed by atoms with Gasteiger partial charge in [-0.2, -0.15) is 0 Å². The predicted molar refractivity (Wildman–Crippen MR) is 110 cm³/mol. The zero-order valence-electron chi connectivity index (χ0n) is 17.0. The molecular weight excluding hydrogens is 370 g/mol. The van der Waals surface area contributed by atoms with E-state index in [2.05, 4.69) is 0 Å². The van der Waals surface area contributed by atoms with Crippen LogP contribution in [0.5, 0.6) is 5.75 Å². The Morgan fingerprint density at radius 1 is 1.07 bits per heavy atom. The number of methoxy groups -OCH3 is 1. The van der Waals surface area contributed by atoms with E-state index in [0.29, 0.717) is 17.0 Å². The molecule has 1 aliphatic rings. The van der Waals surface area contributed by atoms with Crippen molar-refractivity contribution < 1.29 is 24.5 Å². The maximum Gasteiger partial charge on any atom is 0.205 e. The van der Waals surface area contributed by atoms with Crippen molar-refractivity contribution in [3.05, 3.63) is 71.0 Å². The minimum atomic E-state index is -2.02. The van der Waals surface area contributed by atoms with Crippen LogP contribution in [0.2, 0.25) is 0 Å². The first-order valence-electron chi connectivity index (χ1n) is 9.35. The van der Waals surface area contributed by atoms with E-state index in [4.69, 9.17) is 4.74 Å². The number of aliphatic hydroxyl groups is 2. The van der Waals surface area contributed by atoms with E-state index in [9.17, 15) is 19.8 Å². The summed E-state index contributed by atoms with van der Waals surface area (Å²) < 4.78 is 5.21. The Bertz CT molecular complexity index is 962. The molecule has 152 valence electrons. The van der Waals surface area contributed by atoms with Gasteiger partial charge in [0.15, 0.2) is 11.5 Å². The molecule has 0 saturated carbocycles. The molecule has 0 bridgehead atoms. The van der Waals surface area contributed by atoms with Gasteiger partial charge in [0, 0.05) is 5.69 Å². The molecule has 2 aromatic rings. The number of ether oxygens (including phenoxy) is 1. The zero-order valence-corrected chi connectivity index (χ0v) is 17.0. The van der Waals surface area contributed by atoms with Crippen molar-refractivity contribution in [1.82, 2.24) is 0 Å². The Morgan fingerprint density at radius 3 is 2.14 bits per heavy atom. The SMILES string of the molecule is COc1ccc([C@@H]2C(C(C)=O)=C(O)[C@](O)(CC(C)=O)N2c2ccc(C)cc2)cc1. The zero-order chi connectivity index (χ0) is 21.3. The fraction of sp³-hybridized carbons (Fsp3) is 0.304. The van der Waals surface area contributed by atoms with Crippen LogP contribution in [-0.4, -0.2) is 34.6 Å². The molecule has 1 heterocycles. The van der Waals surface area contributed by atoms with E-state index in [1.165, 1.54) is 13.8 Å². The number of hydrogen-bond donors (Lipinski definition) is 2. The van der Waals surface area contributed by atoms with Crippen LogP contribution in [0.25, 0.3) is 0 Å². The summed E-state index contributed by atoms with van der Waals surface area (Å²) >= 11 is 0. The highest BCUT2D eigenvalue weighted by Crippen LogP contribution is 2.49. The van der Waals surface area contributed by atoms with Crippen molar-refractivity contribution in [2.24, 2.45) is 0 Å². The molecule has 0 spiro atoms. The molecule has 2 atom stereocenters. The molecule has 3 rings (SSSR count). The standard InChI is InChI=1S/C23H25NO5/c1-14-5-9-18(10-6-14)24-21(17-7-11-19(29-4)12-8-17)20(16(3)26)22(27)23(24,28)13-15(2)25/h5-12,21,27-28H,13H2,1-4H3/t21-,23-/m1/s1. The van der Waals surface area contributed by atoms with Crippen LogP contribution in [0.3, 0.4) is 0 Å². The molecule has 29 heavy (non-hydrogen) atoms. The van der Waals surface area contributed by atoms with Gasteiger partial charge in [-0.15, -0.1) is 0 Å². The smallest absolute Gasteiger partial charge is 0.205 e. The number of anilines is 1. The molecule has 2 N–H and O–H groups in total. The molecule has 6 nitrogen and oxygen atoms in total. The summed E-state index contributed by atoms with van der Waals surface area (Å²) in [5.74, 6) is -0.527. The maximum absolute atomic E-state index is 12.5. The lowest BCUT2D eigenvalue weighted by molar-refractivity contribution is -0.121. The Morgan fingerprint density at radius 2 is 1.66 bits per heavy atom. The van der Waals surface area contributed by atoms with Crippen molar-refractivity contribution >= 4 is 17.3 Å². The normalized spacial score (nSPS) is 21.4. The number of carbonyl (C=O) groups excluding carboxylic acids is 2. The highest BCUT2D eigenvalue weighted by molar-refractivity contribution is 5.98. The minimum Gasteiger partial charge on any atom is -0.507 e. The van der Waals surface area contributed by atoms with Crippen molar-refractivity contribution in [3.63, 3.8) is 0 Å². The van der Waals surface area contributed by atoms with Gasteiger partial charge in [-0.05, 0) is 50.6 Å². The van der Waals surface area contributed by atoms with Crippen LogP contribution in [0.1, 0.15) is 37.4 Å². The first kappa shape index (κ1) is 20.6. The van der Waals surface area contributed by atoms with Gasteiger partial charge in [0.05, 0.1) is 25.1 Å². The van der Waals surface area contributed by atoms with Gasteiger partial charge in [0.1, 0.15) is 11.5 Å². The fourth-order valence-electron chi connectivity index (χ4n) is 3.85. The van der Waals surface area contributed by atoms with Crippen LogP contribution in [0, 0.1) is 6.92 Å². The monoisotopic (exact) mass is 395 g/mol. The van der Waals surface area contributed by atoms with Crippen LogP contribution >= 0.6 is 0 Å². The molecule has 0 amide bonds. The van der Waals surface area contributed by atoms with Gasteiger partial charge in [-0.1, -0.05) is 29.8 Å². The lowest BCUT2D eigenvalue weighted by Crippen LogP contribution is -2.49. The average molecular weight is 395 g/mol. The number of rotatable bonds is 6. The number of carbonyl (C=O) groups is 2. The van der Waals surface area contributed by atoms with Crippen LogP contribution < -0.4 is 9.64 Å². The largest absolute Gasteiger partial charge is 0.507 e. The number of Topliss-reactive ketones (excluding diaryl/α,β-unsaturated/α-hetero) is 2. The summed E-state index contributed by atoms with van der Waals surface area (Å²) in [4.78, 5) is 26.0. The summed E-state index contributed by atoms with van der Waals surface area (Å²) in [6, 6.07) is 13.6. The number of aryl methyl sites for hydroxylation is 1. The lowest BCUT2D eigenvalue weighted by atomic mass is 9.96. The summed E-state index contributed by atoms with van der Waals surface area (Å²) in [6.07, 6.45) is -0.351. The average Bonchev–Trinajstić information content (AvgIpc) is 2.89. The van der Waals surface area contributed by atoms with E-state index < -0.39 is 17.5 Å². The molecule has 6 heteroatoms. The number of ketones is 2. The topological polar surface area (TPSA) is 87.1 Å². The maximum atomic E-state index is 12.5. The van der Waals surface area contributed by atoms with Crippen LogP contribution in [0.15, 0.2) is 59.9 Å². The van der Waals surface area contributed by atoms with Gasteiger partial charge in [0.2, 0.25) is 5.72 Å². The Labute approximate surface area is 170 Å². The molecule has 0 fully saturated rings. The molecule has 0 aromatic heterocycles. The van der Waals surface area contributed by atoms with Crippen LogP contribution in [0.4, 0.5) is 5.69 Å². The Hall–Kier alpha value is -3.12. The van der Waals surface area contributed by atoms with E-state index in [0.717, 1.165) is 5.56 Å². The van der Waals surface area contributed by atoms with Gasteiger partial charge in [-0.3, -0.25) is 9.59 Å². The molecule has 0 radical (unpaired) electrons.